The minimum Gasteiger partial charge on any atom is -0.290 e. The molecule has 0 radical (unpaired) electrons. The number of nitriles is 1. The maximum absolute atomic E-state index is 8.97. The predicted molar refractivity (Wildman–Crippen MR) is 58.5 cm³/mol. The molecule has 1 atom stereocenters. The van der Waals surface area contributed by atoms with Crippen molar-refractivity contribution in [2.24, 2.45) is 0 Å². The fraction of sp³-hybridized carbons (Fsp3) is 0.300. The van der Waals surface area contributed by atoms with E-state index in [1.165, 1.54) is 0 Å². The van der Waals surface area contributed by atoms with Crippen LogP contribution in [0.2, 0.25) is 10.0 Å². The summed E-state index contributed by atoms with van der Waals surface area (Å²) in [4.78, 5) is 1.79. The molecule has 0 aromatic heterocycles. The first-order valence-electron chi connectivity index (χ1n) is 4.08. The number of hydrogen-bond acceptors (Lipinski definition) is 2. The average molecular weight is 229 g/mol. The summed E-state index contributed by atoms with van der Waals surface area (Å²) < 4.78 is 0. The summed E-state index contributed by atoms with van der Waals surface area (Å²) in [5.74, 6) is 0. The molecule has 1 aromatic carbocycles. The molecule has 2 nitrogen and oxygen atoms in total. The first-order valence-corrected chi connectivity index (χ1v) is 4.83. The van der Waals surface area contributed by atoms with Gasteiger partial charge in [0, 0.05) is 5.56 Å². The van der Waals surface area contributed by atoms with Crippen molar-refractivity contribution in [3.63, 3.8) is 0 Å². The third-order valence-electron chi connectivity index (χ3n) is 1.91. The molecule has 0 aliphatic heterocycles. The van der Waals surface area contributed by atoms with Gasteiger partial charge < -0.3 is 0 Å². The van der Waals surface area contributed by atoms with Crippen molar-refractivity contribution in [2.45, 2.75) is 6.04 Å². The van der Waals surface area contributed by atoms with E-state index in [2.05, 4.69) is 6.07 Å². The van der Waals surface area contributed by atoms with Crippen molar-refractivity contribution in [1.82, 2.24) is 4.90 Å². The Morgan fingerprint density at radius 1 is 1.36 bits per heavy atom. The van der Waals surface area contributed by atoms with Crippen LogP contribution in [-0.4, -0.2) is 19.0 Å². The Hall–Kier alpha value is -0.750. The zero-order chi connectivity index (χ0) is 10.7. The van der Waals surface area contributed by atoms with Crippen molar-refractivity contribution in [2.75, 3.05) is 14.1 Å². The van der Waals surface area contributed by atoms with Crippen molar-refractivity contribution in [3.05, 3.63) is 33.8 Å². The van der Waals surface area contributed by atoms with Crippen molar-refractivity contribution >= 4 is 23.2 Å². The van der Waals surface area contributed by atoms with Crippen LogP contribution in [0.3, 0.4) is 0 Å². The van der Waals surface area contributed by atoms with Gasteiger partial charge in [0.15, 0.2) is 0 Å². The molecule has 4 heteroatoms. The molecule has 14 heavy (non-hydrogen) atoms. The number of rotatable bonds is 2. The zero-order valence-electron chi connectivity index (χ0n) is 7.96. The van der Waals surface area contributed by atoms with E-state index >= 15 is 0 Å². The van der Waals surface area contributed by atoms with E-state index in [9.17, 15) is 0 Å². The van der Waals surface area contributed by atoms with Gasteiger partial charge in [0.05, 0.1) is 16.1 Å². The van der Waals surface area contributed by atoms with Crippen LogP contribution in [0.1, 0.15) is 11.6 Å². The van der Waals surface area contributed by atoms with E-state index in [-0.39, 0.29) is 6.04 Å². The second kappa shape index (κ2) is 4.65. The van der Waals surface area contributed by atoms with E-state index < -0.39 is 0 Å². The van der Waals surface area contributed by atoms with Crippen LogP contribution in [0.15, 0.2) is 18.2 Å². The highest BCUT2D eigenvalue weighted by atomic mass is 35.5. The smallest absolute Gasteiger partial charge is 0.124 e. The summed E-state index contributed by atoms with van der Waals surface area (Å²) in [7, 11) is 3.65. The molecule has 1 rings (SSSR count). The Kier molecular flexibility index (Phi) is 3.77. The summed E-state index contributed by atoms with van der Waals surface area (Å²) in [6.07, 6.45) is 0. The fourth-order valence-corrected chi connectivity index (χ4v) is 1.61. The van der Waals surface area contributed by atoms with Crippen molar-refractivity contribution in [3.8, 4) is 6.07 Å². The Balaban J connectivity index is 3.19. The van der Waals surface area contributed by atoms with Crippen molar-refractivity contribution < 1.29 is 0 Å². The largest absolute Gasteiger partial charge is 0.290 e. The van der Waals surface area contributed by atoms with Gasteiger partial charge in [-0.05, 0) is 20.2 Å². The van der Waals surface area contributed by atoms with Crippen molar-refractivity contribution in [1.29, 1.82) is 5.26 Å². The molecule has 0 fully saturated rings. The Morgan fingerprint density at radius 3 is 2.50 bits per heavy atom. The van der Waals surface area contributed by atoms with Gasteiger partial charge in [0.25, 0.3) is 0 Å². The molecule has 0 bridgehead atoms. The number of hydrogen-bond donors (Lipinski definition) is 0. The van der Waals surface area contributed by atoms with Gasteiger partial charge in [0.1, 0.15) is 6.04 Å². The summed E-state index contributed by atoms with van der Waals surface area (Å²) in [6, 6.07) is 7.11. The lowest BCUT2D eigenvalue weighted by molar-refractivity contribution is 0.358. The molecule has 1 aromatic rings. The minimum atomic E-state index is -0.360. The first kappa shape index (κ1) is 11.3. The van der Waals surface area contributed by atoms with Gasteiger partial charge in [-0.1, -0.05) is 35.3 Å². The van der Waals surface area contributed by atoms with Crippen LogP contribution >= 0.6 is 23.2 Å². The monoisotopic (exact) mass is 228 g/mol. The molecule has 0 N–H and O–H groups in total. The van der Waals surface area contributed by atoms with Crippen LogP contribution in [0.4, 0.5) is 0 Å². The van der Waals surface area contributed by atoms with Gasteiger partial charge >= 0.3 is 0 Å². The van der Waals surface area contributed by atoms with Gasteiger partial charge in [0.2, 0.25) is 0 Å². The third kappa shape index (κ3) is 2.19. The molecular formula is C10H10Cl2N2. The Labute approximate surface area is 93.7 Å². The lowest BCUT2D eigenvalue weighted by atomic mass is 10.1. The van der Waals surface area contributed by atoms with Crippen LogP contribution in [0, 0.1) is 11.3 Å². The predicted octanol–water partition coefficient (Wildman–Crippen LogP) is 3.12. The van der Waals surface area contributed by atoms with E-state index in [4.69, 9.17) is 28.5 Å². The quantitative estimate of drug-likeness (QED) is 0.778. The molecule has 0 saturated heterocycles. The average Bonchev–Trinajstić information content (AvgIpc) is 2.13. The van der Waals surface area contributed by atoms with Crippen LogP contribution in [0.25, 0.3) is 0 Å². The fourth-order valence-electron chi connectivity index (χ4n) is 1.19. The normalized spacial score (nSPS) is 12.6. The number of benzene rings is 1. The van der Waals surface area contributed by atoms with E-state index in [0.717, 1.165) is 5.56 Å². The third-order valence-corrected chi connectivity index (χ3v) is 2.75. The topological polar surface area (TPSA) is 27.0 Å². The van der Waals surface area contributed by atoms with Gasteiger partial charge in [-0.25, -0.2) is 0 Å². The molecule has 0 aliphatic rings. The van der Waals surface area contributed by atoms with E-state index in [1.54, 1.807) is 17.0 Å². The van der Waals surface area contributed by atoms with Gasteiger partial charge in [-0.2, -0.15) is 5.26 Å². The maximum atomic E-state index is 8.97. The molecule has 0 spiro atoms. The maximum Gasteiger partial charge on any atom is 0.124 e. The summed E-state index contributed by atoms with van der Waals surface area (Å²) in [5.41, 5.74) is 0.742. The summed E-state index contributed by atoms with van der Waals surface area (Å²) in [6.45, 7) is 0. The number of halogens is 2. The first-order chi connectivity index (χ1) is 6.57. The van der Waals surface area contributed by atoms with Gasteiger partial charge in [-0.3, -0.25) is 4.90 Å². The molecule has 74 valence electrons. The standard InChI is InChI=1S/C10H10Cl2N2/c1-14(2)9(6-13)7-4-3-5-8(11)10(7)12/h3-5,9H,1-2H3. The Bertz CT molecular complexity index is 369. The highest BCUT2D eigenvalue weighted by molar-refractivity contribution is 6.42. The van der Waals surface area contributed by atoms with Crippen LogP contribution in [0.5, 0.6) is 0 Å². The minimum absolute atomic E-state index is 0.360. The highest BCUT2D eigenvalue weighted by Crippen LogP contribution is 2.31. The summed E-state index contributed by atoms with van der Waals surface area (Å²) >= 11 is 11.9. The second-order valence-corrected chi connectivity index (χ2v) is 3.92. The zero-order valence-corrected chi connectivity index (χ0v) is 9.47. The molecule has 1 unspecified atom stereocenters. The molecule has 0 amide bonds. The highest BCUT2D eigenvalue weighted by Gasteiger charge is 2.17. The lowest BCUT2D eigenvalue weighted by Gasteiger charge is -2.18. The Morgan fingerprint density at radius 2 is 2.00 bits per heavy atom. The van der Waals surface area contributed by atoms with Gasteiger partial charge in [-0.15, -0.1) is 0 Å². The molecule has 0 saturated carbocycles. The SMILES string of the molecule is CN(C)C(C#N)c1cccc(Cl)c1Cl. The lowest BCUT2D eigenvalue weighted by Crippen LogP contribution is -2.18. The summed E-state index contributed by atoms with van der Waals surface area (Å²) in [5, 5.41) is 9.90. The second-order valence-electron chi connectivity index (χ2n) is 3.14. The van der Waals surface area contributed by atoms with E-state index in [1.807, 2.05) is 20.2 Å². The molecule has 0 heterocycles. The molecule has 0 aliphatic carbocycles. The number of nitrogens with zero attached hydrogens (tertiary/aromatic N) is 2. The molecular weight excluding hydrogens is 219 g/mol. The van der Waals surface area contributed by atoms with E-state index in [0.29, 0.717) is 10.0 Å². The van der Waals surface area contributed by atoms with Crippen LogP contribution < -0.4 is 0 Å². The van der Waals surface area contributed by atoms with Crippen LogP contribution in [-0.2, 0) is 0 Å².